The molecule has 5 heteroatoms. The largest absolute Gasteiger partial charge is 0.396 e. The van der Waals surface area contributed by atoms with Gasteiger partial charge in [0.1, 0.15) is 5.01 Å². The van der Waals surface area contributed by atoms with Gasteiger partial charge in [-0.2, -0.15) is 0 Å². The van der Waals surface area contributed by atoms with Crippen LogP contribution in [0.2, 0.25) is 0 Å². The monoisotopic (exact) mass is 330 g/mol. The molecule has 0 spiro atoms. The molecule has 2 aromatic rings. The van der Waals surface area contributed by atoms with Crippen LogP contribution in [0.1, 0.15) is 24.6 Å². The molecule has 1 amide bonds. The fraction of sp³-hybridized carbons (Fsp3) is 0.444. The predicted molar refractivity (Wildman–Crippen MR) is 92.4 cm³/mol. The summed E-state index contributed by atoms with van der Waals surface area (Å²) in [4.78, 5) is 18.8. The van der Waals surface area contributed by atoms with E-state index in [2.05, 4.69) is 36.2 Å². The Morgan fingerprint density at radius 1 is 1.39 bits per heavy atom. The molecule has 1 aromatic heterocycles. The first-order valence-electron chi connectivity index (χ1n) is 8.12. The van der Waals surface area contributed by atoms with Gasteiger partial charge >= 0.3 is 0 Å². The molecule has 2 heterocycles. The lowest BCUT2D eigenvalue weighted by atomic mass is 10.1. The van der Waals surface area contributed by atoms with Crippen molar-refractivity contribution in [1.29, 1.82) is 0 Å². The van der Waals surface area contributed by atoms with Gasteiger partial charge in [0.15, 0.2) is 0 Å². The number of aromatic nitrogens is 1. The predicted octanol–water partition coefficient (Wildman–Crippen LogP) is 2.76. The summed E-state index contributed by atoms with van der Waals surface area (Å²) in [7, 11) is 0. The Hall–Kier alpha value is -1.72. The first-order chi connectivity index (χ1) is 11.2. The molecule has 0 saturated carbocycles. The summed E-state index contributed by atoms with van der Waals surface area (Å²) in [5.41, 5.74) is 3.25. The lowest BCUT2D eigenvalue weighted by Gasteiger charge is -2.15. The molecule has 1 fully saturated rings. The van der Waals surface area contributed by atoms with Gasteiger partial charge in [0, 0.05) is 36.6 Å². The zero-order valence-electron chi connectivity index (χ0n) is 13.4. The highest BCUT2D eigenvalue weighted by Crippen LogP contribution is 2.25. The molecule has 1 aromatic carbocycles. The van der Waals surface area contributed by atoms with Gasteiger partial charge in [0.2, 0.25) is 5.91 Å². The van der Waals surface area contributed by atoms with Gasteiger partial charge in [-0.1, -0.05) is 31.2 Å². The van der Waals surface area contributed by atoms with Crippen LogP contribution in [0.3, 0.4) is 0 Å². The summed E-state index contributed by atoms with van der Waals surface area (Å²) in [5.74, 6) is 0.348. The Morgan fingerprint density at radius 2 is 2.17 bits per heavy atom. The van der Waals surface area contributed by atoms with E-state index in [4.69, 9.17) is 0 Å². The second-order valence-electron chi connectivity index (χ2n) is 6.05. The number of hydrogen-bond acceptors (Lipinski definition) is 4. The molecule has 1 atom stereocenters. The maximum atomic E-state index is 12.3. The summed E-state index contributed by atoms with van der Waals surface area (Å²) >= 11 is 1.58. The summed E-state index contributed by atoms with van der Waals surface area (Å²) in [6.45, 7) is 3.73. The van der Waals surface area contributed by atoms with Crippen LogP contribution in [0.15, 0.2) is 29.6 Å². The number of amides is 1. The fourth-order valence-electron chi connectivity index (χ4n) is 2.88. The molecule has 1 aliphatic heterocycles. The highest BCUT2D eigenvalue weighted by Gasteiger charge is 2.25. The molecule has 1 unspecified atom stereocenters. The van der Waals surface area contributed by atoms with E-state index in [1.54, 1.807) is 11.3 Å². The molecule has 1 aliphatic rings. The van der Waals surface area contributed by atoms with Crippen molar-refractivity contribution >= 4 is 17.2 Å². The lowest BCUT2D eigenvalue weighted by molar-refractivity contribution is -0.129. The van der Waals surface area contributed by atoms with Crippen LogP contribution < -0.4 is 0 Å². The number of rotatable bonds is 5. The van der Waals surface area contributed by atoms with Crippen LogP contribution in [0, 0.1) is 5.92 Å². The van der Waals surface area contributed by atoms with Crippen LogP contribution in [0.5, 0.6) is 0 Å². The number of aliphatic hydroxyl groups excluding tert-OH is 1. The Labute approximate surface area is 140 Å². The van der Waals surface area contributed by atoms with Gasteiger partial charge in [-0.3, -0.25) is 4.79 Å². The average molecular weight is 330 g/mol. The highest BCUT2D eigenvalue weighted by molar-refractivity contribution is 7.13. The number of thiazole rings is 1. The van der Waals surface area contributed by atoms with E-state index in [0.29, 0.717) is 13.0 Å². The number of carbonyl (C=O) groups excluding carboxylic acids is 1. The Balaban J connectivity index is 1.63. The highest BCUT2D eigenvalue weighted by atomic mass is 32.1. The van der Waals surface area contributed by atoms with Crippen molar-refractivity contribution in [2.45, 2.75) is 26.2 Å². The van der Waals surface area contributed by atoms with Crippen LogP contribution in [0.25, 0.3) is 10.6 Å². The SMILES string of the molecule is CCc1ccc(-c2nc(CC(=O)N3CCC(CO)C3)cs2)cc1. The van der Waals surface area contributed by atoms with Crippen LogP contribution in [-0.4, -0.2) is 40.6 Å². The van der Waals surface area contributed by atoms with E-state index < -0.39 is 0 Å². The van der Waals surface area contributed by atoms with Gasteiger partial charge in [-0.15, -0.1) is 11.3 Å². The van der Waals surface area contributed by atoms with Gasteiger partial charge < -0.3 is 10.0 Å². The van der Waals surface area contributed by atoms with Gasteiger partial charge in [0.05, 0.1) is 12.1 Å². The van der Waals surface area contributed by atoms with Crippen molar-refractivity contribution < 1.29 is 9.90 Å². The fourth-order valence-corrected chi connectivity index (χ4v) is 3.70. The van der Waals surface area contributed by atoms with E-state index in [1.165, 1.54) is 5.56 Å². The van der Waals surface area contributed by atoms with E-state index in [-0.39, 0.29) is 18.4 Å². The van der Waals surface area contributed by atoms with Crippen molar-refractivity contribution in [3.63, 3.8) is 0 Å². The summed E-state index contributed by atoms with van der Waals surface area (Å²) in [6, 6.07) is 8.44. The summed E-state index contributed by atoms with van der Waals surface area (Å²) in [6.07, 6.45) is 2.28. The number of nitrogens with zero attached hydrogens (tertiary/aromatic N) is 2. The number of likely N-dealkylation sites (tertiary alicyclic amines) is 1. The standard InChI is InChI=1S/C18H22N2O2S/c1-2-13-3-5-15(6-4-13)18-19-16(12-23-18)9-17(22)20-8-7-14(10-20)11-21/h3-6,12,14,21H,2,7-11H2,1H3. The number of aryl methyl sites for hydroxylation is 1. The van der Waals surface area contributed by atoms with E-state index in [0.717, 1.165) is 35.7 Å². The summed E-state index contributed by atoms with van der Waals surface area (Å²) < 4.78 is 0. The third kappa shape index (κ3) is 3.79. The van der Waals surface area contributed by atoms with Crippen molar-refractivity contribution in [3.05, 3.63) is 40.9 Å². The number of aliphatic hydroxyl groups is 1. The van der Waals surface area contributed by atoms with Crippen molar-refractivity contribution in [2.24, 2.45) is 5.92 Å². The van der Waals surface area contributed by atoms with Gasteiger partial charge in [-0.25, -0.2) is 4.98 Å². The molecule has 4 nitrogen and oxygen atoms in total. The smallest absolute Gasteiger partial charge is 0.228 e. The molecule has 0 radical (unpaired) electrons. The first kappa shape index (κ1) is 16.1. The molecule has 3 rings (SSSR count). The zero-order chi connectivity index (χ0) is 16.2. The number of benzene rings is 1. The van der Waals surface area contributed by atoms with Crippen LogP contribution in [0.4, 0.5) is 0 Å². The quantitative estimate of drug-likeness (QED) is 0.917. The maximum Gasteiger partial charge on any atom is 0.228 e. The van der Waals surface area contributed by atoms with Crippen LogP contribution in [-0.2, 0) is 17.6 Å². The van der Waals surface area contributed by atoms with Gasteiger partial charge in [-0.05, 0) is 18.4 Å². The van der Waals surface area contributed by atoms with Crippen molar-refractivity contribution in [2.75, 3.05) is 19.7 Å². The zero-order valence-corrected chi connectivity index (χ0v) is 14.2. The van der Waals surface area contributed by atoms with Crippen molar-refractivity contribution in [1.82, 2.24) is 9.88 Å². The molecular formula is C18H22N2O2S. The third-order valence-corrected chi connectivity index (χ3v) is 5.33. The van der Waals surface area contributed by atoms with Crippen LogP contribution >= 0.6 is 11.3 Å². The average Bonchev–Trinajstić information content (AvgIpc) is 3.24. The van der Waals surface area contributed by atoms with E-state index in [1.807, 2.05) is 10.3 Å². The first-order valence-corrected chi connectivity index (χ1v) is 9.00. The number of carbonyl (C=O) groups is 1. The maximum absolute atomic E-state index is 12.3. The van der Waals surface area contributed by atoms with Gasteiger partial charge in [0.25, 0.3) is 0 Å². The molecule has 122 valence electrons. The molecule has 0 bridgehead atoms. The second-order valence-corrected chi connectivity index (χ2v) is 6.91. The molecule has 0 aliphatic carbocycles. The van der Waals surface area contributed by atoms with E-state index in [9.17, 15) is 9.90 Å². The molecule has 23 heavy (non-hydrogen) atoms. The summed E-state index contributed by atoms with van der Waals surface area (Å²) in [5, 5.41) is 12.1. The van der Waals surface area contributed by atoms with Crippen molar-refractivity contribution in [3.8, 4) is 10.6 Å². The minimum absolute atomic E-state index is 0.110. The minimum atomic E-state index is 0.110. The molecule has 1 N–H and O–H groups in total. The number of hydrogen-bond donors (Lipinski definition) is 1. The topological polar surface area (TPSA) is 53.4 Å². The molecule has 1 saturated heterocycles. The third-order valence-electron chi connectivity index (χ3n) is 4.39. The second kappa shape index (κ2) is 7.23. The normalized spacial score (nSPS) is 17.7. The Bertz CT molecular complexity index is 666. The molecular weight excluding hydrogens is 308 g/mol. The Kier molecular flexibility index (Phi) is 5.08. The Morgan fingerprint density at radius 3 is 2.83 bits per heavy atom. The van der Waals surface area contributed by atoms with E-state index >= 15 is 0 Å². The lowest BCUT2D eigenvalue weighted by Crippen LogP contribution is -2.30. The minimum Gasteiger partial charge on any atom is -0.396 e.